The van der Waals surface area contributed by atoms with Crippen molar-refractivity contribution in [3.63, 3.8) is 0 Å². The molecule has 1 nitrogen and oxygen atoms in total. The Morgan fingerprint density at radius 3 is 2.11 bits per heavy atom. The van der Waals surface area contributed by atoms with Gasteiger partial charge in [0.2, 0.25) is 0 Å². The zero-order valence-electron chi connectivity index (χ0n) is 6.39. The highest BCUT2D eigenvalue weighted by Gasteiger charge is 1.94. The monoisotopic (exact) mass is 125 g/mol. The molecule has 1 unspecified atom stereocenters. The van der Waals surface area contributed by atoms with E-state index in [2.05, 4.69) is 0 Å². The molecule has 0 rings (SSSR count). The van der Waals surface area contributed by atoms with Gasteiger partial charge in [0.1, 0.15) is 0 Å². The molecular formula is C8H15N. The number of hydrogen-bond acceptors (Lipinski definition) is 1. The Hall–Kier alpha value is -0.560. The average Bonchev–Trinajstić information content (AvgIpc) is 1.82. The van der Waals surface area contributed by atoms with Crippen LogP contribution in [0.2, 0.25) is 0 Å². The van der Waals surface area contributed by atoms with Crippen molar-refractivity contribution in [1.29, 1.82) is 0 Å². The van der Waals surface area contributed by atoms with E-state index in [1.165, 1.54) is 5.57 Å². The Morgan fingerprint density at radius 2 is 2.00 bits per heavy atom. The van der Waals surface area contributed by atoms with E-state index >= 15 is 0 Å². The van der Waals surface area contributed by atoms with Gasteiger partial charge in [-0.15, -0.1) is 0 Å². The topological polar surface area (TPSA) is 26.0 Å². The summed E-state index contributed by atoms with van der Waals surface area (Å²) in [6.07, 6.45) is 6.06. The summed E-state index contributed by atoms with van der Waals surface area (Å²) in [5.41, 5.74) is 6.81. The molecule has 0 aliphatic heterocycles. The molecule has 0 bridgehead atoms. The first-order chi connectivity index (χ1) is 4.22. The van der Waals surface area contributed by atoms with E-state index in [0.29, 0.717) is 0 Å². The van der Waals surface area contributed by atoms with Gasteiger partial charge in [-0.3, -0.25) is 0 Å². The van der Waals surface area contributed by atoms with E-state index in [9.17, 15) is 0 Å². The van der Waals surface area contributed by atoms with Crippen molar-refractivity contribution in [3.05, 3.63) is 23.8 Å². The van der Waals surface area contributed by atoms with Gasteiger partial charge in [0, 0.05) is 6.04 Å². The van der Waals surface area contributed by atoms with Crippen LogP contribution in [0.25, 0.3) is 0 Å². The minimum atomic E-state index is 0.159. The minimum absolute atomic E-state index is 0.159. The summed E-state index contributed by atoms with van der Waals surface area (Å²) in [7, 11) is 0. The summed E-state index contributed by atoms with van der Waals surface area (Å²) >= 11 is 0. The second kappa shape index (κ2) is 4.33. The lowest BCUT2D eigenvalue weighted by molar-refractivity contribution is 0.882. The molecule has 0 radical (unpaired) electrons. The first kappa shape index (κ1) is 8.44. The van der Waals surface area contributed by atoms with Crippen LogP contribution in [0.4, 0.5) is 0 Å². The Morgan fingerprint density at radius 1 is 1.44 bits per heavy atom. The summed E-state index contributed by atoms with van der Waals surface area (Å²) < 4.78 is 0. The van der Waals surface area contributed by atoms with Crippen LogP contribution >= 0.6 is 0 Å². The van der Waals surface area contributed by atoms with Gasteiger partial charge >= 0.3 is 0 Å². The van der Waals surface area contributed by atoms with Crippen LogP contribution in [0.5, 0.6) is 0 Å². The fourth-order valence-corrected chi connectivity index (χ4v) is 0.703. The van der Waals surface area contributed by atoms with Gasteiger partial charge in [0.15, 0.2) is 0 Å². The first-order valence-corrected chi connectivity index (χ1v) is 3.26. The molecular weight excluding hydrogens is 110 g/mol. The van der Waals surface area contributed by atoms with Crippen molar-refractivity contribution in [1.82, 2.24) is 0 Å². The highest BCUT2D eigenvalue weighted by atomic mass is 14.6. The van der Waals surface area contributed by atoms with E-state index < -0.39 is 0 Å². The van der Waals surface area contributed by atoms with Crippen molar-refractivity contribution in [2.75, 3.05) is 0 Å². The number of rotatable bonds is 2. The predicted molar refractivity (Wildman–Crippen MR) is 42.2 cm³/mol. The average molecular weight is 125 g/mol. The van der Waals surface area contributed by atoms with E-state index in [1.54, 1.807) is 0 Å². The zero-order chi connectivity index (χ0) is 7.28. The zero-order valence-corrected chi connectivity index (χ0v) is 6.39. The Kier molecular flexibility index (Phi) is 4.06. The van der Waals surface area contributed by atoms with Crippen molar-refractivity contribution >= 4 is 0 Å². The molecule has 0 aromatic rings. The van der Waals surface area contributed by atoms with Gasteiger partial charge in [-0.25, -0.2) is 0 Å². The fourth-order valence-electron chi connectivity index (χ4n) is 0.703. The van der Waals surface area contributed by atoms with Gasteiger partial charge < -0.3 is 5.73 Å². The normalized spacial score (nSPS) is 16.7. The van der Waals surface area contributed by atoms with Gasteiger partial charge in [-0.05, 0) is 26.3 Å². The summed E-state index contributed by atoms with van der Waals surface area (Å²) in [4.78, 5) is 0. The lowest BCUT2D eigenvalue weighted by atomic mass is 10.1. The third kappa shape index (κ3) is 3.09. The second-order valence-corrected chi connectivity index (χ2v) is 2.08. The lowest BCUT2D eigenvalue weighted by Gasteiger charge is -2.03. The fraction of sp³-hybridized carbons (Fsp3) is 0.500. The first-order valence-electron chi connectivity index (χ1n) is 3.26. The van der Waals surface area contributed by atoms with Crippen LogP contribution < -0.4 is 5.73 Å². The molecule has 1 atom stereocenters. The van der Waals surface area contributed by atoms with E-state index in [0.717, 1.165) is 0 Å². The molecule has 0 aliphatic rings. The van der Waals surface area contributed by atoms with Gasteiger partial charge in [0.05, 0.1) is 0 Å². The van der Waals surface area contributed by atoms with E-state index in [4.69, 9.17) is 5.73 Å². The molecule has 2 N–H and O–H groups in total. The molecule has 0 saturated heterocycles. The highest BCUT2D eigenvalue weighted by Crippen LogP contribution is 1.99. The second-order valence-electron chi connectivity index (χ2n) is 2.08. The maximum absolute atomic E-state index is 5.61. The standard InChI is InChI=1S/C8H15N/c1-4-6-8(5-2)7(3)9/h4-7H,9H2,1-3H3/b6-4-,8-5+. The summed E-state index contributed by atoms with van der Waals surface area (Å²) in [5, 5.41) is 0. The summed E-state index contributed by atoms with van der Waals surface area (Å²) in [6.45, 7) is 5.97. The maximum Gasteiger partial charge on any atom is 0.0262 e. The SMILES string of the molecule is C/C=C\C(=C/C)C(C)N. The van der Waals surface area contributed by atoms with E-state index in [-0.39, 0.29) is 6.04 Å². The molecule has 0 aromatic carbocycles. The minimum Gasteiger partial charge on any atom is -0.324 e. The molecule has 0 spiro atoms. The molecule has 0 aliphatic carbocycles. The molecule has 0 amide bonds. The van der Waals surface area contributed by atoms with Crippen LogP contribution in [0.1, 0.15) is 20.8 Å². The van der Waals surface area contributed by atoms with Crippen molar-refractivity contribution in [3.8, 4) is 0 Å². The third-order valence-corrected chi connectivity index (χ3v) is 1.22. The summed E-state index contributed by atoms with van der Waals surface area (Å²) in [6, 6.07) is 0.159. The lowest BCUT2D eigenvalue weighted by Crippen LogP contribution is -2.16. The van der Waals surface area contributed by atoms with Gasteiger partial charge in [-0.2, -0.15) is 0 Å². The van der Waals surface area contributed by atoms with Crippen LogP contribution in [0.15, 0.2) is 23.8 Å². The number of nitrogens with two attached hydrogens (primary N) is 1. The molecule has 0 aromatic heterocycles. The Balaban J connectivity index is 4.01. The van der Waals surface area contributed by atoms with Crippen LogP contribution in [-0.4, -0.2) is 6.04 Å². The molecule has 0 fully saturated rings. The largest absolute Gasteiger partial charge is 0.324 e. The highest BCUT2D eigenvalue weighted by molar-refractivity contribution is 5.21. The Labute approximate surface area is 57.3 Å². The quantitative estimate of drug-likeness (QED) is 0.560. The van der Waals surface area contributed by atoms with Crippen LogP contribution in [0, 0.1) is 0 Å². The Bertz CT molecular complexity index is 121. The molecule has 9 heavy (non-hydrogen) atoms. The smallest absolute Gasteiger partial charge is 0.0262 e. The van der Waals surface area contributed by atoms with Crippen molar-refractivity contribution in [2.45, 2.75) is 26.8 Å². The molecule has 52 valence electrons. The molecule has 0 saturated carbocycles. The van der Waals surface area contributed by atoms with Crippen LogP contribution in [-0.2, 0) is 0 Å². The third-order valence-electron chi connectivity index (χ3n) is 1.22. The molecule has 1 heteroatoms. The van der Waals surface area contributed by atoms with Crippen LogP contribution in [0.3, 0.4) is 0 Å². The predicted octanol–water partition coefficient (Wildman–Crippen LogP) is 1.86. The van der Waals surface area contributed by atoms with E-state index in [1.807, 2.05) is 39.0 Å². The number of hydrogen-bond donors (Lipinski definition) is 1. The van der Waals surface area contributed by atoms with Crippen molar-refractivity contribution in [2.24, 2.45) is 5.73 Å². The molecule has 0 heterocycles. The summed E-state index contributed by atoms with van der Waals surface area (Å²) in [5.74, 6) is 0. The van der Waals surface area contributed by atoms with Gasteiger partial charge in [0.25, 0.3) is 0 Å². The maximum atomic E-state index is 5.61. The van der Waals surface area contributed by atoms with Crippen molar-refractivity contribution < 1.29 is 0 Å². The number of allylic oxidation sites excluding steroid dienone is 2. The van der Waals surface area contributed by atoms with Gasteiger partial charge in [-0.1, -0.05) is 18.2 Å².